The molecule has 0 aliphatic carbocycles. The molecule has 1 aliphatic rings. The van der Waals surface area contributed by atoms with Crippen molar-refractivity contribution in [2.75, 3.05) is 13.1 Å². The molecular formula is C22H23BrN2O. The van der Waals surface area contributed by atoms with Crippen LogP contribution >= 0.6 is 15.9 Å². The summed E-state index contributed by atoms with van der Waals surface area (Å²) < 4.78 is 6.33. The number of piperidine rings is 1. The van der Waals surface area contributed by atoms with Gasteiger partial charge < -0.3 is 4.52 Å². The Bertz CT molecular complexity index is 842. The molecule has 4 heteroatoms. The van der Waals surface area contributed by atoms with Crippen LogP contribution in [0.25, 0.3) is 0 Å². The van der Waals surface area contributed by atoms with Gasteiger partial charge in [0.05, 0.1) is 11.7 Å². The van der Waals surface area contributed by atoms with Gasteiger partial charge in [-0.15, -0.1) is 0 Å². The molecule has 0 spiro atoms. The first-order valence-electron chi connectivity index (χ1n) is 9.14. The average molecular weight is 411 g/mol. The molecule has 1 aromatic heterocycles. The standard InChI is InChI=1S/C22H23BrN2O/c1-22(19-15-24-26-16-19,20-9-5-6-10-21(20)23)25-13-11-18(12-14-25)17-7-3-2-4-8-17/h2-10,15-16,18H,11-14H2,1H3. The number of hydrogen-bond donors (Lipinski definition) is 0. The van der Waals surface area contributed by atoms with Gasteiger partial charge in [0.2, 0.25) is 0 Å². The third-order valence-electron chi connectivity index (χ3n) is 5.79. The molecule has 2 heterocycles. The van der Waals surface area contributed by atoms with Crippen LogP contribution in [0.15, 0.2) is 76.1 Å². The van der Waals surface area contributed by atoms with Crippen molar-refractivity contribution in [1.29, 1.82) is 0 Å². The second kappa shape index (κ2) is 7.37. The van der Waals surface area contributed by atoms with E-state index in [9.17, 15) is 0 Å². The van der Waals surface area contributed by atoms with Crippen LogP contribution in [0.4, 0.5) is 0 Å². The average Bonchev–Trinajstić information content (AvgIpc) is 3.24. The Kier molecular flexibility index (Phi) is 4.96. The van der Waals surface area contributed by atoms with Crippen LogP contribution in [-0.4, -0.2) is 23.1 Å². The summed E-state index contributed by atoms with van der Waals surface area (Å²) >= 11 is 3.76. The molecule has 0 radical (unpaired) electrons. The van der Waals surface area contributed by atoms with Gasteiger partial charge in [0.1, 0.15) is 6.26 Å². The summed E-state index contributed by atoms with van der Waals surface area (Å²) in [6.45, 7) is 4.37. The van der Waals surface area contributed by atoms with Crippen molar-refractivity contribution in [3.05, 3.63) is 88.2 Å². The van der Waals surface area contributed by atoms with Crippen molar-refractivity contribution >= 4 is 15.9 Å². The number of likely N-dealkylation sites (tertiary alicyclic amines) is 1. The molecule has 0 saturated carbocycles. The first kappa shape index (κ1) is 17.5. The van der Waals surface area contributed by atoms with Crippen molar-refractivity contribution in [2.24, 2.45) is 0 Å². The highest BCUT2D eigenvalue weighted by molar-refractivity contribution is 9.10. The molecule has 4 rings (SSSR count). The lowest BCUT2D eigenvalue weighted by Gasteiger charge is -2.45. The number of aromatic nitrogens is 1. The monoisotopic (exact) mass is 410 g/mol. The number of halogens is 1. The van der Waals surface area contributed by atoms with Crippen LogP contribution in [0.5, 0.6) is 0 Å². The molecule has 0 amide bonds. The van der Waals surface area contributed by atoms with E-state index in [1.165, 1.54) is 11.1 Å². The van der Waals surface area contributed by atoms with E-state index in [0.29, 0.717) is 5.92 Å². The summed E-state index contributed by atoms with van der Waals surface area (Å²) in [5, 5.41) is 3.98. The molecule has 2 aromatic carbocycles. The van der Waals surface area contributed by atoms with Gasteiger partial charge in [0, 0.05) is 10.0 Å². The van der Waals surface area contributed by atoms with Crippen LogP contribution in [0, 0.1) is 0 Å². The Balaban J connectivity index is 1.64. The minimum Gasteiger partial charge on any atom is -0.364 e. The first-order valence-corrected chi connectivity index (χ1v) is 9.94. The highest BCUT2D eigenvalue weighted by atomic mass is 79.9. The summed E-state index contributed by atoms with van der Waals surface area (Å²) in [4.78, 5) is 2.57. The molecule has 26 heavy (non-hydrogen) atoms. The lowest BCUT2D eigenvalue weighted by atomic mass is 9.81. The van der Waals surface area contributed by atoms with E-state index in [0.717, 1.165) is 36.0 Å². The van der Waals surface area contributed by atoms with Crippen LogP contribution < -0.4 is 0 Å². The largest absolute Gasteiger partial charge is 0.364 e. The molecule has 1 unspecified atom stereocenters. The smallest absolute Gasteiger partial charge is 0.129 e. The van der Waals surface area contributed by atoms with Gasteiger partial charge in [0.25, 0.3) is 0 Å². The zero-order valence-electron chi connectivity index (χ0n) is 14.9. The quantitative estimate of drug-likeness (QED) is 0.561. The topological polar surface area (TPSA) is 29.3 Å². The van der Waals surface area contributed by atoms with E-state index in [1.54, 1.807) is 6.26 Å². The zero-order valence-corrected chi connectivity index (χ0v) is 16.5. The molecule has 1 atom stereocenters. The lowest BCUT2D eigenvalue weighted by molar-refractivity contribution is 0.102. The normalized spacial score (nSPS) is 18.5. The van der Waals surface area contributed by atoms with Crippen molar-refractivity contribution < 1.29 is 4.52 Å². The van der Waals surface area contributed by atoms with Crippen LogP contribution in [0.2, 0.25) is 0 Å². The predicted octanol–water partition coefficient (Wildman–Crippen LogP) is 5.58. The summed E-state index contributed by atoms with van der Waals surface area (Å²) in [7, 11) is 0. The Morgan fingerprint density at radius 1 is 1.04 bits per heavy atom. The fourth-order valence-corrected chi connectivity index (χ4v) is 4.87. The Hall–Kier alpha value is -1.91. The Morgan fingerprint density at radius 3 is 2.38 bits per heavy atom. The Labute approximate surface area is 163 Å². The van der Waals surface area contributed by atoms with Crippen LogP contribution in [0.3, 0.4) is 0 Å². The van der Waals surface area contributed by atoms with E-state index in [2.05, 4.69) is 87.5 Å². The SMILES string of the molecule is CC(c1cnoc1)(c1ccccc1Br)N1CCC(c2ccccc2)CC1. The molecule has 3 aromatic rings. The molecule has 0 N–H and O–H groups in total. The molecular weight excluding hydrogens is 388 g/mol. The third-order valence-corrected chi connectivity index (χ3v) is 6.48. The number of benzene rings is 2. The lowest BCUT2D eigenvalue weighted by Crippen LogP contribution is -2.48. The van der Waals surface area contributed by atoms with Gasteiger partial charge in [-0.1, -0.05) is 69.6 Å². The molecule has 3 nitrogen and oxygen atoms in total. The highest BCUT2D eigenvalue weighted by Crippen LogP contribution is 2.42. The van der Waals surface area contributed by atoms with Crippen LogP contribution in [0.1, 0.15) is 42.4 Å². The van der Waals surface area contributed by atoms with Gasteiger partial charge in [-0.2, -0.15) is 0 Å². The van der Waals surface area contributed by atoms with Gasteiger partial charge in [0.15, 0.2) is 0 Å². The number of rotatable bonds is 4. The minimum absolute atomic E-state index is 0.262. The van der Waals surface area contributed by atoms with E-state index >= 15 is 0 Å². The summed E-state index contributed by atoms with van der Waals surface area (Å²) in [5.41, 5.74) is 3.55. The van der Waals surface area contributed by atoms with Crippen molar-refractivity contribution in [2.45, 2.75) is 31.2 Å². The fourth-order valence-electron chi connectivity index (χ4n) is 4.19. The fraction of sp³-hybridized carbons (Fsp3) is 0.318. The molecule has 1 aliphatic heterocycles. The van der Waals surface area contributed by atoms with Crippen molar-refractivity contribution in [3.63, 3.8) is 0 Å². The number of hydrogen-bond acceptors (Lipinski definition) is 3. The number of nitrogens with zero attached hydrogens (tertiary/aromatic N) is 2. The summed E-state index contributed by atoms with van der Waals surface area (Å²) in [5.74, 6) is 0.637. The molecule has 1 saturated heterocycles. The molecule has 1 fully saturated rings. The van der Waals surface area contributed by atoms with E-state index in [1.807, 2.05) is 6.20 Å². The maximum absolute atomic E-state index is 5.21. The summed E-state index contributed by atoms with van der Waals surface area (Å²) in [6.07, 6.45) is 5.95. The maximum Gasteiger partial charge on any atom is 0.129 e. The van der Waals surface area contributed by atoms with Gasteiger partial charge in [-0.25, -0.2) is 0 Å². The Morgan fingerprint density at radius 2 is 1.73 bits per heavy atom. The minimum atomic E-state index is -0.262. The van der Waals surface area contributed by atoms with E-state index < -0.39 is 0 Å². The summed E-state index contributed by atoms with van der Waals surface area (Å²) in [6, 6.07) is 19.4. The molecule has 134 valence electrons. The van der Waals surface area contributed by atoms with Crippen molar-refractivity contribution in [3.8, 4) is 0 Å². The third kappa shape index (κ3) is 3.12. The predicted molar refractivity (Wildman–Crippen MR) is 107 cm³/mol. The maximum atomic E-state index is 5.21. The first-order chi connectivity index (χ1) is 12.7. The second-order valence-corrected chi connectivity index (χ2v) is 7.99. The van der Waals surface area contributed by atoms with Gasteiger partial charge in [-0.3, -0.25) is 4.90 Å². The molecule has 0 bridgehead atoms. The second-order valence-electron chi connectivity index (χ2n) is 7.14. The zero-order chi connectivity index (χ0) is 18.0. The van der Waals surface area contributed by atoms with Gasteiger partial charge in [-0.05, 0) is 56.0 Å². The van der Waals surface area contributed by atoms with Crippen molar-refractivity contribution in [1.82, 2.24) is 10.1 Å². The van der Waals surface area contributed by atoms with Crippen LogP contribution in [-0.2, 0) is 5.54 Å². The highest BCUT2D eigenvalue weighted by Gasteiger charge is 2.40. The van der Waals surface area contributed by atoms with Gasteiger partial charge >= 0.3 is 0 Å². The van der Waals surface area contributed by atoms with E-state index in [4.69, 9.17) is 4.52 Å². The van der Waals surface area contributed by atoms with E-state index in [-0.39, 0.29) is 5.54 Å².